The Balaban J connectivity index is 2.30. The molecule has 0 unspecified atom stereocenters. The van der Waals surface area contributed by atoms with Gasteiger partial charge in [-0.25, -0.2) is 4.99 Å². The van der Waals surface area contributed by atoms with Crippen molar-refractivity contribution in [3.05, 3.63) is 32.3 Å². The van der Waals surface area contributed by atoms with Gasteiger partial charge in [-0.15, -0.1) is 0 Å². The van der Waals surface area contributed by atoms with Crippen molar-refractivity contribution in [1.82, 2.24) is 9.55 Å². The van der Waals surface area contributed by atoms with Gasteiger partial charge in [-0.1, -0.05) is 0 Å². The van der Waals surface area contributed by atoms with Gasteiger partial charge in [0.25, 0.3) is 5.56 Å². The lowest BCUT2D eigenvalue weighted by Crippen LogP contribution is -2.24. The molecule has 0 atom stereocenters. The number of aliphatic imine (C=N–C) groups is 1. The fourth-order valence-electron chi connectivity index (χ4n) is 2.48. The predicted octanol–water partition coefficient (Wildman–Crippen LogP) is 2.49. The smallest absolute Gasteiger partial charge is 0.274 e. The molecular weight excluding hydrogens is 322 g/mol. The summed E-state index contributed by atoms with van der Waals surface area (Å²) in [5, 5.41) is 0.835. The molecule has 5 nitrogen and oxygen atoms in total. The summed E-state index contributed by atoms with van der Waals surface area (Å²) in [7, 11) is 1.73. The zero-order valence-electron chi connectivity index (χ0n) is 11.9. The molecule has 0 saturated carbocycles. The van der Waals surface area contributed by atoms with Crippen LogP contribution in [0.4, 0.5) is 0 Å². The lowest BCUT2D eigenvalue weighted by Gasteiger charge is -2.17. The van der Waals surface area contributed by atoms with Crippen LogP contribution in [0.2, 0.25) is 0 Å². The lowest BCUT2D eigenvalue weighted by molar-refractivity contribution is 0.131. The van der Waals surface area contributed by atoms with Crippen LogP contribution in [0.15, 0.2) is 20.5 Å². The minimum Gasteiger partial charge on any atom is -0.469 e. The van der Waals surface area contributed by atoms with E-state index in [9.17, 15) is 4.79 Å². The first-order chi connectivity index (χ1) is 9.30. The first kappa shape index (κ1) is 13.4. The highest BCUT2D eigenvalue weighted by Gasteiger charge is 2.31. The molecule has 0 aliphatic carbocycles. The number of ether oxygens (including phenoxy) is 1. The molecule has 20 heavy (non-hydrogen) atoms. The number of pyridine rings is 1. The first-order valence-electron chi connectivity index (χ1n) is 6.41. The summed E-state index contributed by atoms with van der Waals surface area (Å²) in [4.78, 5) is 19.9. The number of aromatic amines is 1. The third-order valence-electron chi connectivity index (χ3n) is 3.46. The van der Waals surface area contributed by atoms with E-state index in [-0.39, 0.29) is 11.2 Å². The number of rotatable bonds is 1. The van der Waals surface area contributed by atoms with Gasteiger partial charge in [0.2, 0.25) is 5.90 Å². The maximum absolute atomic E-state index is 12.2. The molecule has 1 N–H and O–H groups in total. The maximum atomic E-state index is 12.2. The molecule has 0 fully saturated rings. The number of nitrogens with zero attached hydrogens (tertiary/aromatic N) is 2. The standard InChI is InChI=1S/C14H16BrN3O2/c1-7-9(12-16-6-14(2,3)20-12)10-8(15)5-18(4)13(19)11(10)17-7/h5,17H,6H2,1-4H3. The minimum absolute atomic E-state index is 0.0598. The fourth-order valence-corrected chi connectivity index (χ4v) is 3.18. The van der Waals surface area contributed by atoms with Crippen LogP contribution in [0.5, 0.6) is 0 Å². The summed E-state index contributed by atoms with van der Waals surface area (Å²) in [5.74, 6) is 0.604. The van der Waals surface area contributed by atoms with Gasteiger partial charge in [-0.2, -0.15) is 0 Å². The largest absolute Gasteiger partial charge is 0.469 e. The number of H-pyrrole nitrogens is 1. The van der Waals surface area contributed by atoms with Crippen molar-refractivity contribution >= 4 is 32.7 Å². The Morgan fingerprint density at radius 1 is 1.50 bits per heavy atom. The Labute approximate surface area is 124 Å². The highest BCUT2D eigenvalue weighted by Crippen LogP contribution is 2.31. The summed E-state index contributed by atoms with van der Waals surface area (Å²) in [6.45, 7) is 6.55. The summed E-state index contributed by atoms with van der Waals surface area (Å²) in [5.41, 5.74) is 1.98. The molecule has 3 heterocycles. The normalized spacial score (nSPS) is 17.4. The van der Waals surface area contributed by atoms with Crippen molar-refractivity contribution in [2.75, 3.05) is 6.54 Å². The van der Waals surface area contributed by atoms with Crippen LogP contribution >= 0.6 is 15.9 Å². The van der Waals surface area contributed by atoms with Crippen LogP contribution in [0.3, 0.4) is 0 Å². The van der Waals surface area contributed by atoms with Crippen LogP contribution in [0.25, 0.3) is 10.9 Å². The molecule has 106 valence electrons. The number of halogens is 1. The Hall–Kier alpha value is -1.56. The maximum Gasteiger partial charge on any atom is 0.274 e. The van der Waals surface area contributed by atoms with Crippen LogP contribution in [-0.2, 0) is 11.8 Å². The molecule has 1 aliphatic heterocycles. The quantitative estimate of drug-likeness (QED) is 0.869. The number of hydrogen-bond acceptors (Lipinski definition) is 3. The summed E-state index contributed by atoms with van der Waals surface area (Å²) >= 11 is 3.53. The Morgan fingerprint density at radius 2 is 2.20 bits per heavy atom. The van der Waals surface area contributed by atoms with E-state index in [4.69, 9.17) is 4.74 Å². The molecule has 0 amide bonds. The van der Waals surface area contributed by atoms with Crippen molar-refractivity contribution in [2.24, 2.45) is 12.0 Å². The van der Waals surface area contributed by atoms with E-state index in [0.29, 0.717) is 18.0 Å². The number of nitrogens with one attached hydrogen (secondary N) is 1. The average Bonchev–Trinajstić information content (AvgIpc) is 2.86. The molecule has 3 rings (SSSR count). The summed E-state index contributed by atoms with van der Waals surface area (Å²) in [6.07, 6.45) is 1.77. The van der Waals surface area contributed by atoms with Crippen molar-refractivity contribution in [3.8, 4) is 0 Å². The SMILES string of the molecule is Cc1[nH]c2c(=O)n(C)cc(Br)c2c1C1=NCC(C)(C)O1. The number of aromatic nitrogens is 2. The van der Waals surface area contributed by atoms with E-state index in [2.05, 4.69) is 25.9 Å². The van der Waals surface area contributed by atoms with Gasteiger partial charge in [-0.3, -0.25) is 4.79 Å². The lowest BCUT2D eigenvalue weighted by atomic mass is 10.1. The third kappa shape index (κ3) is 1.90. The van der Waals surface area contributed by atoms with E-state index >= 15 is 0 Å². The zero-order valence-corrected chi connectivity index (χ0v) is 13.5. The molecule has 0 aromatic carbocycles. The molecule has 0 saturated heterocycles. The van der Waals surface area contributed by atoms with Crippen LogP contribution < -0.4 is 5.56 Å². The van der Waals surface area contributed by atoms with Crippen molar-refractivity contribution < 1.29 is 4.74 Å². The van der Waals surface area contributed by atoms with Gasteiger partial charge >= 0.3 is 0 Å². The second kappa shape index (κ2) is 4.22. The highest BCUT2D eigenvalue weighted by atomic mass is 79.9. The average molecular weight is 338 g/mol. The van der Waals surface area contributed by atoms with Crippen LogP contribution in [0, 0.1) is 6.92 Å². The Kier molecular flexibility index (Phi) is 2.83. The molecule has 0 spiro atoms. The van der Waals surface area contributed by atoms with Gasteiger partial charge in [-0.05, 0) is 36.7 Å². The molecule has 6 heteroatoms. The van der Waals surface area contributed by atoms with Gasteiger partial charge in [0, 0.05) is 28.8 Å². The van der Waals surface area contributed by atoms with Crippen LogP contribution in [0.1, 0.15) is 25.1 Å². The first-order valence-corrected chi connectivity index (χ1v) is 7.21. The fraction of sp³-hybridized carbons (Fsp3) is 0.429. The van der Waals surface area contributed by atoms with E-state index in [1.54, 1.807) is 17.8 Å². The summed E-state index contributed by atoms with van der Waals surface area (Å²) in [6, 6.07) is 0. The highest BCUT2D eigenvalue weighted by molar-refractivity contribution is 9.10. The van der Waals surface area contributed by atoms with E-state index in [1.165, 1.54) is 0 Å². The van der Waals surface area contributed by atoms with E-state index in [1.807, 2.05) is 20.8 Å². The van der Waals surface area contributed by atoms with E-state index < -0.39 is 0 Å². The van der Waals surface area contributed by atoms with Gasteiger partial charge < -0.3 is 14.3 Å². The zero-order chi connectivity index (χ0) is 14.7. The molecule has 1 aliphatic rings. The molecule has 2 aromatic heterocycles. The summed E-state index contributed by atoms with van der Waals surface area (Å²) < 4.78 is 8.31. The van der Waals surface area contributed by atoms with Gasteiger partial charge in [0.05, 0.1) is 12.1 Å². The van der Waals surface area contributed by atoms with E-state index in [0.717, 1.165) is 21.1 Å². The number of hydrogen-bond donors (Lipinski definition) is 1. The van der Waals surface area contributed by atoms with Crippen molar-refractivity contribution in [2.45, 2.75) is 26.4 Å². The predicted molar refractivity (Wildman–Crippen MR) is 82.5 cm³/mol. The molecule has 0 radical (unpaired) electrons. The monoisotopic (exact) mass is 337 g/mol. The molecular formula is C14H16BrN3O2. The minimum atomic E-state index is -0.294. The van der Waals surface area contributed by atoms with Crippen molar-refractivity contribution in [1.29, 1.82) is 0 Å². The topological polar surface area (TPSA) is 59.4 Å². The third-order valence-corrected chi connectivity index (χ3v) is 4.06. The van der Waals surface area contributed by atoms with Gasteiger partial charge in [0.1, 0.15) is 11.1 Å². The van der Waals surface area contributed by atoms with Crippen LogP contribution in [-0.4, -0.2) is 27.6 Å². The Bertz CT molecular complexity index is 799. The second-order valence-electron chi connectivity index (χ2n) is 5.75. The number of aryl methyl sites for hydroxylation is 2. The Morgan fingerprint density at radius 3 is 2.80 bits per heavy atom. The molecule has 0 bridgehead atoms. The molecule has 2 aromatic rings. The van der Waals surface area contributed by atoms with Gasteiger partial charge in [0.15, 0.2) is 0 Å². The number of fused-ring (bicyclic) bond motifs is 1. The second-order valence-corrected chi connectivity index (χ2v) is 6.61. The van der Waals surface area contributed by atoms with Crippen molar-refractivity contribution in [3.63, 3.8) is 0 Å².